The number of nitrogens with zero attached hydrogens (tertiary/aromatic N) is 2. The summed E-state index contributed by atoms with van der Waals surface area (Å²) in [5.74, 6) is 0. The van der Waals surface area contributed by atoms with Crippen LogP contribution in [0, 0.1) is 13.8 Å². The van der Waals surface area contributed by atoms with E-state index in [0.29, 0.717) is 0 Å². The minimum absolute atomic E-state index is 0.130. The molecule has 0 saturated heterocycles. The molecule has 0 bridgehead atoms. The summed E-state index contributed by atoms with van der Waals surface area (Å²) in [5, 5.41) is 8.29. The maximum Gasteiger partial charge on any atom is 0.126 e. The second kappa shape index (κ2) is 6.88. The third-order valence-corrected chi connectivity index (χ3v) is 6.44. The van der Waals surface area contributed by atoms with Crippen molar-refractivity contribution in [2.75, 3.05) is 0 Å². The molecule has 0 unspecified atom stereocenters. The van der Waals surface area contributed by atoms with Crippen molar-refractivity contribution in [3.05, 3.63) is 101 Å². The molecule has 3 nitrogen and oxygen atoms in total. The zero-order chi connectivity index (χ0) is 19.1. The fourth-order valence-corrected chi connectivity index (χ4v) is 5.03. The first kappa shape index (κ1) is 17.1. The zero-order valence-electron chi connectivity index (χ0n) is 15.9. The summed E-state index contributed by atoms with van der Waals surface area (Å²) in [6.45, 7) is 4.38. The summed E-state index contributed by atoms with van der Waals surface area (Å²) in [4.78, 5) is 0. The highest BCUT2D eigenvalue weighted by Gasteiger charge is 2.26. The molecule has 2 heterocycles. The molecule has 1 aliphatic rings. The minimum Gasteiger partial charge on any atom is -0.317 e. The lowest BCUT2D eigenvalue weighted by Gasteiger charge is -2.14. The summed E-state index contributed by atoms with van der Waals surface area (Å²) in [6, 6.07) is 27.7. The summed E-state index contributed by atoms with van der Waals surface area (Å²) < 4.78 is 2.36. The van der Waals surface area contributed by atoms with Crippen molar-refractivity contribution in [1.29, 1.82) is 0 Å². The molecule has 1 aliphatic heterocycles. The molecule has 0 saturated carbocycles. The van der Waals surface area contributed by atoms with E-state index in [0.717, 1.165) is 10.6 Å². The van der Waals surface area contributed by atoms with E-state index >= 15 is 0 Å². The number of rotatable bonds is 3. The molecule has 1 atom stereocenters. The number of aryl methyl sites for hydroxylation is 1. The SMILES string of the molecule is Cc1cc([C@@H]2NN=C(c3ccccc3)S2)c(C)n1-c1cccc2ccccc12. The third kappa shape index (κ3) is 2.81. The van der Waals surface area contributed by atoms with Crippen molar-refractivity contribution in [2.45, 2.75) is 19.2 Å². The molecule has 1 N–H and O–H groups in total. The minimum atomic E-state index is 0.130. The number of hydrogen-bond acceptors (Lipinski definition) is 3. The number of hydrogen-bond donors (Lipinski definition) is 1. The first-order valence-corrected chi connectivity index (χ1v) is 10.3. The van der Waals surface area contributed by atoms with Gasteiger partial charge in [-0.1, -0.05) is 78.5 Å². The standard InChI is InChI=1S/C24H21N3S/c1-16-15-21(24-26-25-23(28-24)19-10-4-3-5-11-19)17(2)27(16)22-14-8-12-18-9-6-7-13-20(18)22/h3-15,24,26H,1-2H3/t24-/m1/s1. The molecule has 0 amide bonds. The molecule has 1 aromatic heterocycles. The molecular formula is C24H21N3S. The Balaban J connectivity index is 1.53. The lowest BCUT2D eigenvalue weighted by molar-refractivity contribution is 0.737. The predicted octanol–water partition coefficient (Wildman–Crippen LogP) is 5.94. The normalized spacial score (nSPS) is 16.2. The summed E-state index contributed by atoms with van der Waals surface area (Å²) in [7, 11) is 0. The van der Waals surface area contributed by atoms with Gasteiger partial charge >= 0.3 is 0 Å². The smallest absolute Gasteiger partial charge is 0.126 e. The Morgan fingerprint density at radius 2 is 1.64 bits per heavy atom. The number of nitrogens with one attached hydrogen (secondary N) is 1. The molecule has 28 heavy (non-hydrogen) atoms. The Labute approximate surface area is 169 Å². The van der Waals surface area contributed by atoms with Crippen molar-refractivity contribution in [3.8, 4) is 5.69 Å². The van der Waals surface area contributed by atoms with Gasteiger partial charge in [0.2, 0.25) is 0 Å². The van der Waals surface area contributed by atoms with E-state index in [1.165, 1.54) is 33.4 Å². The molecule has 0 spiro atoms. The van der Waals surface area contributed by atoms with Crippen molar-refractivity contribution < 1.29 is 0 Å². The van der Waals surface area contributed by atoms with Crippen molar-refractivity contribution >= 4 is 27.6 Å². The van der Waals surface area contributed by atoms with Crippen molar-refractivity contribution in [1.82, 2.24) is 9.99 Å². The molecule has 0 fully saturated rings. The van der Waals surface area contributed by atoms with Crippen LogP contribution in [0.4, 0.5) is 0 Å². The lowest BCUT2D eigenvalue weighted by Crippen LogP contribution is -2.08. The maximum atomic E-state index is 4.59. The van der Waals surface area contributed by atoms with Crippen LogP contribution >= 0.6 is 11.8 Å². The average Bonchev–Trinajstić information content (AvgIpc) is 3.33. The maximum absolute atomic E-state index is 4.59. The van der Waals surface area contributed by atoms with Gasteiger partial charge in [0, 0.05) is 27.9 Å². The van der Waals surface area contributed by atoms with Crippen LogP contribution in [-0.4, -0.2) is 9.61 Å². The van der Waals surface area contributed by atoms with E-state index in [9.17, 15) is 0 Å². The highest BCUT2D eigenvalue weighted by Crippen LogP contribution is 2.38. The Kier molecular flexibility index (Phi) is 4.21. The molecular weight excluding hydrogens is 362 g/mol. The molecule has 0 aliphatic carbocycles. The number of aromatic nitrogens is 1. The zero-order valence-corrected chi connectivity index (χ0v) is 16.7. The fourth-order valence-electron chi connectivity index (χ4n) is 3.95. The molecule has 5 rings (SSSR count). The van der Waals surface area contributed by atoms with Gasteiger partial charge in [-0.05, 0) is 31.4 Å². The first-order valence-electron chi connectivity index (χ1n) is 9.44. The second-order valence-electron chi connectivity index (χ2n) is 7.07. The number of hydrazone groups is 1. The topological polar surface area (TPSA) is 29.3 Å². The number of fused-ring (bicyclic) bond motifs is 1. The Morgan fingerprint density at radius 3 is 2.50 bits per heavy atom. The van der Waals surface area contributed by atoms with Crippen LogP contribution in [0.1, 0.15) is 27.9 Å². The van der Waals surface area contributed by atoms with Crippen LogP contribution in [0.25, 0.3) is 16.5 Å². The van der Waals surface area contributed by atoms with Gasteiger partial charge < -0.3 is 4.57 Å². The van der Waals surface area contributed by atoms with Crippen molar-refractivity contribution in [3.63, 3.8) is 0 Å². The second-order valence-corrected chi connectivity index (χ2v) is 8.16. The van der Waals surface area contributed by atoms with Crippen LogP contribution < -0.4 is 5.43 Å². The van der Waals surface area contributed by atoms with Gasteiger partial charge in [-0.3, -0.25) is 5.43 Å². The van der Waals surface area contributed by atoms with Crippen LogP contribution in [0.2, 0.25) is 0 Å². The highest BCUT2D eigenvalue weighted by molar-refractivity contribution is 8.14. The van der Waals surface area contributed by atoms with E-state index < -0.39 is 0 Å². The lowest BCUT2D eigenvalue weighted by atomic mass is 10.1. The van der Waals surface area contributed by atoms with Crippen molar-refractivity contribution in [2.24, 2.45) is 5.10 Å². The predicted molar refractivity (Wildman–Crippen MR) is 119 cm³/mol. The first-order chi connectivity index (χ1) is 13.7. The van der Waals surface area contributed by atoms with E-state index in [1.807, 2.05) is 6.07 Å². The Hall–Kier alpha value is -2.98. The average molecular weight is 384 g/mol. The third-order valence-electron chi connectivity index (χ3n) is 5.29. The molecule has 4 aromatic rings. The summed E-state index contributed by atoms with van der Waals surface area (Å²) in [6.07, 6.45) is 0. The van der Waals surface area contributed by atoms with Crippen LogP contribution in [0.5, 0.6) is 0 Å². The van der Waals surface area contributed by atoms with Gasteiger partial charge in [0.05, 0.1) is 5.69 Å². The molecule has 138 valence electrons. The fraction of sp³-hybridized carbons (Fsp3) is 0.125. The molecule has 4 heteroatoms. The van der Waals surface area contributed by atoms with Gasteiger partial charge in [0.15, 0.2) is 0 Å². The van der Waals surface area contributed by atoms with E-state index in [1.54, 1.807) is 11.8 Å². The quantitative estimate of drug-likeness (QED) is 0.474. The summed E-state index contributed by atoms with van der Waals surface area (Å²) >= 11 is 1.78. The van der Waals surface area contributed by atoms with Crippen LogP contribution in [0.15, 0.2) is 84.0 Å². The molecule has 0 radical (unpaired) electrons. The highest BCUT2D eigenvalue weighted by atomic mass is 32.2. The van der Waals surface area contributed by atoms with Crippen LogP contribution in [0.3, 0.4) is 0 Å². The Morgan fingerprint density at radius 1 is 0.893 bits per heavy atom. The van der Waals surface area contributed by atoms with Gasteiger partial charge in [-0.25, -0.2) is 0 Å². The van der Waals surface area contributed by atoms with E-state index in [2.05, 4.69) is 102 Å². The Bertz CT molecular complexity index is 1190. The van der Waals surface area contributed by atoms with Crippen LogP contribution in [-0.2, 0) is 0 Å². The number of benzene rings is 3. The summed E-state index contributed by atoms with van der Waals surface area (Å²) in [5.41, 5.74) is 9.49. The van der Waals surface area contributed by atoms with E-state index in [4.69, 9.17) is 0 Å². The van der Waals surface area contributed by atoms with E-state index in [-0.39, 0.29) is 5.37 Å². The van der Waals surface area contributed by atoms with Gasteiger partial charge in [0.25, 0.3) is 0 Å². The van der Waals surface area contributed by atoms with Gasteiger partial charge in [-0.2, -0.15) is 5.10 Å². The number of thioether (sulfide) groups is 1. The molecule has 3 aromatic carbocycles. The van der Waals surface area contributed by atoms with Gasteiger partial charge in [-0.15, -0.1) is 0 Å². The largest absolute Gasteiger partial charge is 0.317 e. The van der Waals surface area contributed by atoms with Gasteiger partial charge in [0.1, 0.15) is 10.4 Å². The monoisotopic (exact) mass is 383 g/mol.